The lowest BCUT2D eigenvalue weighted by Gasteiger charge is -2.24. The molecule has 1 aromatic carbocycles. The van der Waals surface area contributed by atoms with Crippen LogP contribution in [0.2, 0.25) is 0 Å². The second-order valence-corrected chi connectivity index (χ2v) is 5.43. The van der Waals surface area contributed by atoms with E-state index in [1.54, 1.807) is 18.7 Å². The molecule has 0 fully saturated rings. The van der Waals surface area contributed by atoms with Crippen molar-refractivity contribution in [2.45, 2.75) is 25.9 Å². The smallest absolute Gasteiger partial charge is 0.239 e. The highest BCUT2D eigenvalue weighted by atomic mass is 32.2. The zero-order valence-electron chi connectivity index (χ0n) is 11.7. The summed E-state index contributed by atoms with van der Waals surface area (Å²) in [6, 6.07) is 3.04. The number of hydrogen-bond acceptors (Lipinski definition) is 3. The molecule has 1 aromatic rings. The van der Waals surface area contributed by atoms with Crippen LogP contribution in [-0.2, 0) is 11.3 Å². The molecule has 1 atom stereocenters. The fourth-order valence-electron chi connectivity index (χ4n) is 1.82. The van der Waals surface area contributed by atoms with Gasteiger partial charge in [-0.1, -0.05) is 6.07 Å². The minimum Gasteiger partial charge on any atom is -0.337 e. The number of hydrogen-bond donors (Lipinski definition) is 1. The molecule has 0 spiro atoms. The standard InChI is InChI=1S/C14H20F2N2OS/c1-3-18(14(19)13(17)7-8-20-2)9-10-11(15)5-4-6-12(10)16/h4-6,13H,3,7-9,17H2,1-2H3/t13-/m0/s1. The number of amides is 1. The molecule has 0 heterocycles. The van der Waals surface area contributed by atoms with Crippen molar-refractivity contribution >= 4 is 17.7 Å². The number of halogens is 2. The largest absolute Gasteiger partial charge is 0.337 e. The van der Waals surface area contributed by atoms with E-state index in [-0.39, 0.29) is 18.0 Å². The number of carbonyl (C=O) groups excluding carboxylic acids is 1. The van der Waals surface area contributed by atoms with Gasteiger partial charge in [-0.05, 0) is 37.5 Å². The summed E-state index contributed by atoms with van der Waals surface area (Å²) in [5, 5.41) is 0. The lowest BCUT2D eigenvalue weighted by Crippen LogP contribution is -2.43. The normalized spacial score (nSPS) is 12.2. The number of nitrogens with zero attached hydrogens (tertiary/aromatic N) is 1. The molecule has 6 heteroatoms. The first-order valence-electron chi connectivity index (χ1n) is 6.47. The summed E-state index contributed by atoms with van der Waals surface area (Å²) >= 11 is 1.60. The van der Waals surface area contributed by atoms with Crippen molar-refractivity contribution in [3.05, 3.63) is 35.4 Å². The van der Waals surface area contributed by atoms with Crippen molar-refractivity contribution in [2.75, 3.05) is 18.6 Å². The summed E-state index contributed by atoms with van der Waals surface area (Å²) in [5.74, 6) is -0.787. The Balaban J connectivity index is 2.79. The van der Waals surface area contributed by atoms with Crippen LogP contribution in [0.4, 0.5) is 8.78 Å². The summed E-state index contributed by atoms with van der Waals surface area (Å²) in [6.07, 6.45) is 2.49. The fourth-order valence-corrected chi connectivity index (χ4v) is 2.31. The van der Waals surface area contributed by atoms with Crippen molar-refractivity contribution in [3.63, 3.8) is 0 Å². The second-order valence-electron chi connectivity index (χ2n) is 4.44. The number of nitrogens with two attached hydrogens (primary N) is 1. The molecule has 1 rings (SSSR count). The van der Waals surface area contributed by atoms with Gasteiger partial charge in [-0.2, -0.15) is 11.8 Å². The van der Waals surface area contributed by atoms with Crippen molar-refractivity contribution in [1.29, 1.82) is 0 Å². The van der Waals surface area contributed by atoms with Crippen LogP contribution >= 0.6 is 11.8 Å². The molecule has 0 saturated heterocycles. The molecule has 0 saturated carbocycles. The van der Waals surface area contributed by atoms with E-state index in [0.29, 0.717) is 13.0 Å². The summed E-state index contributed by atoms with van der Waals surface area (Å²) in [4.78, 5) is 13.5. The van der Waals surface area contributed by atoms with E-state index in [1.165, 1.54) is 23.1 Å². The molecular formula is C14H20F2N2OS. The van der Waals surface area contributed by atoms with Crippen LogP contribution in [0.25, 0.3) is 0 Å². The quantitative estimate of drug-likeness (QED) is 0.841. The molecule has 3 nitrogen and oxygen atoms in total. The highest BCUT2D eigenvalue weighted by Crippen LogP contribution is 2.15. The molecule has 2 N–H and O–H groups in total. The van der Waals surface area contributed by atoms with E-state index in [9.17, 15) is 13.6 Å². The molecule has 1 amide bonds. The molecule has 0 aliphatic rings. The van der Waals surface area contributed by atoms with Crippen LogP contribution in [0.1, 0.15) is 18.9 Å². The van der Waals surface area contributed by atoms with Gasteiger partial charge < -0.3 is 10.6 Å². The Morgan fingerprint density at radius 3 is 2.50 bits per heavy atom. The Morgan fingerprint density at radius 2 is 2.00 bits per heavy atom. The Labute approximate surface area is 122 Å². The highest BCUT2D eigenvalue weighted by Gasteiger charge is 2.21. The van der Waals surface area contributed by atoms with Crippen LogP contribution in [0.5, 0.6) is 0 Å². The summed E-state index contributed by atoms with van der Waals surface area (Å²) < 4.78 is 27.2. The van der Waals surface area contributed by atoms with Crippen LogP contribution in [0.3, 0.4) is 0 Å². The Bertz CT molecular complexity index is 437. The maximum atomic E-state index is 13.6. The average Bonchev–Trinajstić information content (AvgIpc) is 2.44. The van der Waals surface area contributed by atoms with Gasteiger partial charge in [0.15, 0.2) is 0 Å². The lowest BCUT2D eigenvalue weighted by atomic mass is 10.1. The van der Waals surface area contributed by atoms with E-state index >= 15 is 0 Å². The van der Waals surface area contributed by atoms with E-state index in [4.69, 9.17) is 5.73 Å². The first kappa shape index (κ1) is 16.9. The van der Waals surface area contributed by atoms with E-state index < -0.39 is 17.7 Å². The molecule has 0 aliphatic carbocycles. The molecule has 0 unspecified atom stereocenters. The second kappa shape index (κ2) is 8.21. The number of carbonyl (C=O) groups is 1. The van der Waals surface area contributed by atoms with Crippen LogP contribution in [-0.4, -0.2) is 35.4 Å². The van der Waals surface area contributed by atoms with Crippen molar-refractivity contribution in [2.24, 2.45) is 5.73 Å². The van der Waals surface area contributed by atoms with Gasteiger partial charge in [0.25, 0.3) is 0 Å². The number of likely N-dealkylation sites (N-methyl/N-ethyl adjacent to an activating group) is 1. The van der Waals surface area contributed by atoms with Crippen LogP contribution in [0, 0.1) is 11.6 Å². The molecule has 0 aromatic heterocycles. The van der Waals surface area contributed by atoms with Gasteiger partial charge in [-0.25, -0.2) is 8.78 Å². The van der Waals surface area contributed by atoms with Crippen LogP contribution in [0.15, 0.2) is 18.2 Å². The number of thioether (sulfide) groups is 1. The molecule has 0 bridgehead atoms. The zero-order valence-corrected chi connectivity index (χ0v) is 12.6. The molecule has 112 valence electrons. The SMILES string of the molecule is CCN(Cc1c(F)cccc1F)C(=O)[C@@H](N)CCSC. The van der Waals surface area contributed by atoms with Crippen molar-refractivity contribution in [1.82, 2.24) is 4.90 Å². The maximum Gasteiger partial charge on any atom is 0.239 e. The number of rotatable bonds is 7. The molecule has 0 aliphatic heterocycles. The van der Waals surface area contributed by atoms with Crippen molar-refractivity contribution < 1.29 is 13.6 Å². The third-order valence-corrected chi connectivity index (χ3v) is 3.70. The highest BCUT2D eigenvalue weighted by molar-refractivity contribution is 7.98. The molecular weight excluding hydrogens is 282 g/mol. The average molecular weight is 302 g/mol. The first-order chi connectivity index (χ1) is 9.51. The monoisotopic (exact) mass is 302 g/mol. The van der Waals surface area contributed by atoms with Gasteiger partial charge >= 0.3 is 0 Å². The van der Waals surface area contributed by atoms with E-state index in [0.717, 1.165) is 5.75 Å². The van der Waals surface area contributed by atoms with Gasteiger partial charge in [0.1, 0.15) is 11.6 Å². The Kier molecular flexibility index (Phi) is 6.95. The maximum absolute atomic E-state index is 13.6. The zero-order chi connectivity index (χ0) is 15.1. The molecule has 20 heavy (non-hydrogen) atoms. The Hall–Kier alpha value is -1.14. The lowest BCUT2D eigenvalue weighted by molar-refractivity contribution is -0.133. The minimum absolute atomic E-state index is 0.0964. The van der Waals surface area contributed by atoms with E-state index in [1.807, 2.05) is 6.26 Å². The van der Waals surface area contributed by atoms with Gasteiger partial charge in [0, 0.05) is 12.1 Å². The van der Waals surface area contributed by atoms with Gasteiger partial charge in [0.2, 0.25) is 5.91 Å². The van der Waals surface area contributed by atoms with Gasteiger partial charge in [0.05, 0.1) is 12.6 Å². The fraction of sp³-hybridized carbons (Fsp3) is 0.500. The summed E-state index contributed by atoms with van der Waals surface area (Å²) in [7, 11) is 0. The van der Waals surface area contributed by atoms with Crippen LogP contribution < -0.4 is 5.73 Å². The van der Waals surface area contributed by atoms with Crippen molar-refractivity contribution in [3.8, 4) is 0 Å². The predicted octanol–water partition coefficient (Wildman–Crippen LogP) is 2.39. The van der Waals surface area contributed by atoms with Gasteiger partial charge in [-0.15, -0.1) is 0 Å². The number of benzene rings is 1. The summed E-state index contributed by atoms with van der Waals surface area (Å²) in [6.45, 7) is 2.03. The Morgan fingerprint density at radius 1 is 1.40 bits per heavy atom. The van der Waals surface area contributed by atoms with E-state index in [2.05, 4.69) is 0 Å². The first-order valence-corrected chi connectivity index (χ1v) is 7.86. The minimum atomic E-state index is -0.645. The predicted molar refractivity (Wildman–Crippen MR) is 78.4 cm³/mol. The summed E-state index contributed by atoms with van der Waals surface area (Å²) in [5.41, 5.74) is 5.72. The third-order valence-electron chi connectivity index (χ3n) is 3.05. The molecule has 0 radical (unpaired) electrons. The third kappa shape index (κ3) is 4.45. The van der Waals surface area contributed by atoms with Gasteiger partial charge in [-0.3, -0.25) is 4.79 Å². The topological polar surface area (TPSA) is 46.3 Å².